The highest BCUT2D eigenvalue weighted by Crippen LogP contribution is 2.02. The van der Waals surface area contributed by atoms with Gasteiger partial charge in [-0.05, 0) is 38.5 Å². The molecule has 0 radical (unpaired) electrons. The van der Waals surface area contributed by atoms with Gasteiger partial charge >= 0.3 is 0 Å². The van der Waals surface area contributed by atoms with Crippen molar-refractivity contribution in [1.29, 1.82) is 0 Å². The summed E-state index contributed by atoms with van der Waals surface area (Å²) in [7, 11) is 1.60. The lowest BCUT2D eigenvalue weighted by atomic mass is 10.2. The van der Waals surface area contributed by atoms with Gasteiger partial charge in [-0.15, -0.1) is 0 Å². The van der Waals surface area contributed by atoms with Crippen molar-refractivity contribution in [1.82, 2.24) is 5.32 Å². The Bertz CT molecular complexity index is 199. The van der Waals surface area contributed by atoms with E-state index >= 15 is 0 Å². The zero-order valence-corrected chi connectivity index (χ0v) is 13.7. The summed E-state index contributed by atoms with van der Waals surface area (Å²) in [5.74, 6) is -0.829. The molecule has 0 atom stereocenters. The van der Waals surface area contributed by atoms with E-state index in [4.69, 9.17) is 19.4 Å². The molecule has 2 saturated heterocycles. The third-order valence-corrected chi connectivity index (χ3v) is 2.51. The number of carboxylic acids is 1. The van der Waals surface area contributed by atoms with Gasteiger partial charge in [0.15, 0.2) is 0 Å². The number of nitrogens with one attached hydrogen (secondary N) is 1. The minimum absolute atomic E-state index is 0.00463. The fourth-order valence-electron chi connectivity index (χ4n) is 1.37. The number of carboxylic acid groups (broad SMARTS) is 1. The summed E-state index contributed by atoms with van der Waals surface area (Å²) < 4.78 is 10.1. The Kier molecular flexibility index (Phi) is 19.9. The van der Waals surface area contributed by atoms with E-state index in [0.717, 1.165) is 33.4 Å². The Morgan fingerprint density at radius 3 is 1.10 bits per heavy atom. The van der Waals surface area contributed by atoms with Crippen LogP contribution in [-0.2, 0) is 19.1 Å². The Morgan fingerprint density at radius 2 is 1.05 bits per heavy atom. The molecule has 2 N–H and O–H groups in total. The molecule has 0 aromatic rings. The minimum Gasteiger partial charge on any atom is -0.481 e. The SMILES string of the molecule is C1CCOCC1.C1CCOCC1.CC(=O)O.CNC(C)=O. The van der Waals surface area contributed by atoms with E-state index < -0.39 is 5.97 Å². The van der Waals surface area contributed by atoms with Crippen LogP contribution in [-0.4, -0.2) is 50.5 Å². The van der Waals surface area contributed by atoms with Gasteiger partial charge in [0.25, 0.3) is 5.97 Å². The van der Waals surface area contributed by atoms with Crippen molar-refractivity contribution in [3.8, 4) is 0 Å². The van der Waals surface area contributed by atoms with Crippen molar-refractivity contribution in [2.24, 2.45) is 0 Å². The molecule has 2 rings (SSSR count). The highest BCUT2D eigenvalue weighted by atomic mass is 16.5. The quantitative estimate of drug-likeness (QED) is 0.717. The summed E-state index contributed by atoms with van der Waals surface area (Å²) in [5.41, 5.74) is 0. The van der Waals surface area contributed by atoms with Crippen LogP contribution in [0.15, 0.2) is 0 Å². The third kappa shape index (κ3) is 32.4. The molecule has 0 aromatic heterocycles. The van der Waals surface area contributed by atoms with E-state index in [1.807, 2.05) is 0 Å². The molecule has 1 amide bonds. The second-order valence-corrected chi connectivity index (χ2v) is 4.67. The molecule has 2 heterocycles. The lowest BCUT2D eigenvalue weighted by Crippen LogP contribution is -2.11. The van der Waals surface area contributed by atoms with Crippen LogP contribution in [0.5, 0.6) is 0 Å². The molecule has 2 fully saturated rings. The first kappa shape index (κ1) is 22.1. The fraction of sp³-hybridized carbons (Fsp3) is 0.867. The standard InChI is InChI=1S/2C5H10O.C3H7NO.C2H4O2/c2*1-2-4-6-5-3-1;1-3(5)4-2;1-2(3)4/h2*1-5H2;1-2H3,(H,4,5);1H3,(H,3,4). The number of carbonyl (C=O) groups excluding carboxylic acids is 1. The van der Waals surface area contributed by atoms with E-state index in [2.05, 4.69) is 5.32 Å². The first-order valence-corrected chi connectivity index (χ1v) is 7.54. The molecule has 0 unspecified atom stereocenters. The van der Waals surface area contributed by atoms with Crippen molar-refractivity contribution in [2.75, 3.05) is 33.5 Å². The Morgan fingerprint density at radius 1 is 0.810 bits per heavy atom. The summed E-state index contributed by atoms with van der Waals surface area (Å²) in [6, 6.07) is 0. The summed E-state index contributed by atoms with van der Waals surface area (Å²) in [6.07, 6.45) is 7.86. The second kappa shape index (κ2) is 18.9. The molecule has 6 heteroatoms. The van der Waals surface area contributed by atoms with Crippen LogP contribution in [0.1, 0.15) is 52.4 Å². The van der Waals surface area contributed by atoms with Gasteiger partial charge in [-0.2, -0.15) is 0 Å². The third-order valence-electron chi connectivity index (χ3n) is 2.51. The monoisotopic (exact) mass is 305 g/mol. The van der Waals surface area contributed by atoms with E-state index in [-0.39, 0.29) is 5.91 Å². The zero-order valence-electron chi connectivity index (χ0n) is 13.7. The van der Waals surface area contributed by atoms with E-state index in [1.165, 1.54) is 45.4 Å². The van der Waals surface area contributed by atoms with E-state index in [0.29, 0.717) is 0 Å². The van der Waals surface area contributed by atoms with Crippen LogP contribution in [0.4, 0.5) is 0 Å². The molecule has 6 nitrogen and oxygen atoms in total. The molecule has 0 saturated carbocycles. The van der Waals surface area contributed by atoms with Crippen molar-refractivity contribution in [2.45, 2.75) is 52.4 Å². The van der Waals surface area contributed by atoms with Crippen LogP contribution >= 0.6 is 0 Å². The van der Waals surface area contributed by atoms with Gasteiger partial charge in [0.05, 0.1) is 0 Å². The number of carbonyl (C=O) groups is 2. The molecule has 126 valence electrons. The van der Waals surface area contributed by atoms with Crippen LogP contribution in [0.2, 0.25) is 0 Å². The first-order valence-electron chi connectivity index (χ1n) is 7.54. The summed E-state index contributed by atoms with van der Waals surface area (Å²) >= 11 is 0. The number of hydrogen-bond acceptors (Lipinski definition) is 4. The minimum atomic E-state index is -0.833. The van der Waals surface area contributed by atoms with Crippen molar-refractivity contribution < 1.29 is 24.2 Å². The van der Waals surface area contributed by atoms with Crippen LogP contribution in [0, 0.1) is 0 Å². The van der Waals surface area contributed by atoms with Gasteiger partial charge in [-0.3, -0.25) is 9.59 Å². The number of ether oxygens (including phenoxy) is 2. The van der Waals surface area contributed by atoms with Crippen LogP contribution in [0.3, 0.4) is 0 Å². The molecule has 0 bridgehead atoms. The first-order chi connectivity index (χ1) is 10.0. The highest BCUT2D eigenvalue weighted by Gasteiger charge is 1.95. The summed E-state index contributed by atoms with van der Waals surface area (Å²) in [5, 5.41) is 9.81. The highest BCUT2D eigenvalue weighted by molar-refractivity contribution is 5.72. The number of hydrogen-bond donors (Lipinski definition) is 2. The van der Waals surface area contributed by atoms with E-state index in [1.54, 1.807) is 7.05 Å². The molecule has 0 aromatic carbocycles. The molecule has 2 aliphatic heterocycles. The number of amides is 1. The van der Waals surface area contributed by atoms with Gasteiger partial charge in [0.1, 0.15) is 0 Å². The lowest BCUT2D eigenvalue weighted by molar-refractivity contribution is -0.134. The predicted octanol–water partition coefficient (Wildman–Crippen LogP) is 2.22. The van der Waals surface area contributed by atoms with Gasteiger partial charge in [-0.1, -0.05) is 0 Å². The van der Waals surface area contributed by atoms with Gasteiger partial charge in [-0.25, -0.2) is 0 Å². The van der Waals surface area contributed by atoms with Gasteiger partial charge in [0.2, 0.25) is 5.91 Å². The Hall–Kier alpha value is -1.14. The average molecular weight is 305 g/mol. The number of rotatable bonds is 0. The molecular weight excluding hydrogens is 274 g/mol. The normalized spacial score (nSPS) is 16.5. The maximum absolute atomic E-state index is 9.70. The average Bonchev–Trinajstić information content (AvgIpc) is 2.51. The Labute approximate surface area is 128 Å². The largest absolute Gasteiger partial charge is 0.481 e. The molecule has 0 aliphatic carbocycles. The second-order valence-electron chi connectivity index (χ2n) is 4.67. The van der Waals surface area contributed by atoms with Crippen LogP contribution < -0.4 is 5.32 Å². The zero-order chi connectivity index (χ0) is 16.3. The van der Waals surface area contributed by atoms with Gasteiger partial charge in [0, 0.05) is 47.3 Å². The van der Waals surface area contributed by atoms with Crippen molar-refractivity contribution in [3.63, 3.8) is 0 Å². The van der Waals surface area contributed by atoms with Crippen molar-refractivity contribution >= 4 is 11.9 Å². The number of aliphatic carboxylic acids is 1. The molecule has 0 spiro atoms. The lowest BCUT2D eigenvalue weighted by Gasteiger charge is -2.08. The predicted molar refractivity (Wildman–Crippen MR) is 82.4 cm³/mol. The molecule has 2 aliphatic rings. The summed E-state index contributed by atoms with van der Waals surface area (Å²) in [4.78, 5) is 18.7. The van der Waals surface area contributed by atoms with Crippen LogP contribution in [0.25, 0.3) is 0 Å². The molecule has 21 heavy (non-hydrogen) atoms. The molecular formula is C15H31NO5. The summed E-state index contributed by atoms with van der Waals surface area (Å²) in [6.45, 7) is 6.56. The Balaban J connectivity index is 0. The smallest absolute Gasteiger partial charge is 0.300 e. The maximum Gasteiger partial charge on any atom is 0.300 e. The maximum atomic E-state index is 9.70. The van der Waals surface area contributed by atoms with Gasteiger partial charge < -0.3 is 19.9 Å². The topological polar surface area (TPSA) is 84.9 Å². The fourth-order valence-corrected chi connectivity index (χ4v) is 1.37. The van der Waals surface area contributed by atoms with E-state index in [9.17, 15) is 4.79 Å². The van der Waals surface area contributed by atoms with Crippen molar-refractivity contribution in [3.05, 3.63) is 0 Å².